The van der Waals surface area contributed by atoms with Gasteiger partial charge >= 0.3 is 0 Å². The minimum Gasteiger partial charge on any atom is -0.497 e. The average molecular weight is 483 g/mol. The highest BCUT2D eigenvalue weighted by atomic mass is 32.2. The first kappa shape index (κ1) is 21.6. The fourth-order valence-corrected chi connectivity index (χ4v) is 6.06. The Labute approximate surface area is 195 Å². The summed E-state index contributed by atoms with van der Waals surface area (Å²) in [6.07, 6.45) is 0.748. The number of methoxy groups -OCH3 is 1. The van der Waals surface area contributed by atoms with Crippen LogP contribution < -0.4 is 10.1 Å². The van der Waals surface area contributed by atoms with Crippen molar-refractivity contribution < 1.29 is 17.7 Å². The molecule has 4 aromatic rings. The van der Waals surface area contributed by atoms with Crippen LogP contribution >= 0.6 is 11.3 Å². The number of hydrogen-bond donors (Lipinski definition) is 1. The number of aromatic nitrogens is 2. The number of fused-ring (bicyclic) bond motifs is 1. The van der Waals surface area contributed by atoms with Crippen molar-refractivity contribution in [1.82, 2.24) is 14.4 Å². The molecule has 0 aliphatic carbocycles. The van der Waals surface area contributed by atoms with Crippen LogP contribution in [0.15, 0.2) is 69.4 Å². The van der Waals surface area contributed by atoms with E-state index in [1.54, 1.807) is 41.0 Å². The third kappa shape index (κ3) is 4.50. The maximum absolute atomic E-state index is 13.2. The molecule has 2 aromatic heterocycles. The van der Waals surface area contributed by atoms with Crippen molar-refractivity contribution in [3.63, 3.8) is 0 Å². The normalized spacial score (nSPS) is 14.1. The average Bonchev–Trinajstić information content (AvgIpc) is 3.52. The molecule has 1 aliphatic heterocycles. The van der Waals surface area contributed by atoms with E-state index in [0.717, 1.165) is 23.3 Å². The van der Waals surface area contributed by atoms with Gasteiger partial charge in [0.1, 0.15) is 5.75 Å². The number of ether oxygens (including phenoxy) is 1. The first-order valence-electron chi connectivity index (χ1n) is 10.4. The van der Waals surface area contributed by atoms with Gasteiger partial charge in [-0.05, 0) is 65.9 Å². The van der Waals surface area contributed by atoms with Gasteiger partial charge in [-0.25, -0.2) is 8.42 Å². The predicted octanol–water partition coefficient (Wildman–Crippen LogP) is 4.17. The van der Waals surface area contributed by atoms with Crippen molar-refractivity contribution in [2.75, 3.05) is 19.0 Å². The monoisotopic (exact) mass is 482 g/mol. The molecular formula is C23H22N4O4S2. The van der Waals surface area contributed by atoms with E-state index in [-0.39, 0.29) is 11.4 Å². The summed E-state index contributed by atoms with van der Waals surface area (Å²) in [5, 5.41) is 9.21. The number of sulfonamides is 1. The summed E-state index contributed by atoms with van der Waals surface area (Å²) in [6, 6.07) is 16.2. The summed E-state index contributed by atoms with van der Waals surface area (Å²) in [4.78, 5) is 5.93. The molecule has 0 radical (unpaired) electrons. The Morgan fingerprint density at radius 2 is 2.03 bits per heavy atom. The van der Waals surface area contributed by atoms with E-state index in [0.29, 0.717) is 30.5 Å². The van der Waals surface area contributed by atoms with Crippen LogP contribution in [0, 0.1) is 0 Å². The highest BCUT2D eigenvalue weighted by Gasteiger charge is 2.29. The number of rotatable bonds is 7. The van der Waals surface area contributed by atoms with Gasteiger partial charge in [-0.3, -0.25) is 0 Å². The molecule has 0 saturated heterocycles. The van der Waals surface area contributed by atoms with E-state index >= 15 is 0 Å². The van der Waals surface area contributed by atoms with Gasteiger partial charge in [0.05, 0.1) is 18.6 Å². The van der Waals surface area contributed by atoms with E-state index in [1.807, 2.05) is 41.8 Å². The molecule has 8 nitrogen and oxygen atoms in total. The maximum Gasteiger partial charge on any atom is 0.246 e. The smallest absolute Gasteiger partial charge is 0.246 e. The molecule has 3 heterocycles. The van der Waals surface area contributed by atoms with Crippen LogP contribution in [-0.4, -0.2) is 36.5 Å². The molecule has 0 fully saturated rings. The Morgan fingerprint density at radius 3 is 2.85 bits per heavy atom. The largest absolute Gasteiger partial charge is 0.497 e. The number of nitrogens with one attached hydrogen (secondary N) is 1. The summed E-state index contributed by atoms with van der Waals surface area (Å²) < 4.78 is 38.4. The molecule has 10 heteroatoms. The zero-order chi connectivity index (χ0) is 22.8. The van der Waals surface area contributed by atoms with Crippen LogP contribution in [0.3, 0.4) is 0 Å². The standard InChI is InChI=1S/C23H22N4O4S2/c1-30-19-7-5-16(6-8-19)23-25-22(31-26-23)14-24-18-3-2-4-20(13-18)33(28,29)27-11-9-21-17(15-27)10-12-32-21/h2-8,10,12-13,24H,9,11,14-15H2,1H3. The first-order valence-corrected chi connectivity index (χ1v) is 12.7. The lowest BCUT2D eigenvalue weighted by Crippen LogP contribution is -2.35. The van der Waals surface area contributed by atoms with Crippen molar-refractivity contribution in [3.8, 4) is 17.1 Å². The minimum atomic E-state index is -3.59. The third-order valence-corrected chi connectivity index (χ3v) is 8.37. The highest BCUT2D eigenvalue weighted by molar-refractivity contribution is 7.89. The Hall–Kier alpha value is -3.21. The molecule has 0 spiro atoms. The quantitative estimate of drug-likeness (QED) is 0.422. The van der Waals surface area contributed by atoms with E-state index in [4.69, 9.17) is 9.26 Å². The zero-order valence-corrected chi connectivity index (χ0v) is 19.5. The highest BCUT2D eigenvalue weighted by Crippen LogP contribution is 2.29. The number of nitrogens with zero attached hydrogens (tertiary/aromatic N) is 3. The molecule has 0 atom stereocenters. The number of benzene rings is 2. The number of thiophene rings is 1. The second-order valence-electron chi connectivity index (χ2n) is 7.58. The molecule has 0 bridgehead atoms. The second-order valence-corrected chi connectivity index (χ2v) is 10.5. The summed E-state index contributed by atoms with van der Waals surface area (Å²) in [5.74, 6) is 1.62. The minimum absolute atomic E-state index is 0.260. The number of anilines is 1. The molecule has 33 heavy (non-hydrogen) atoms. The van der Waals surface area contributed by atoms with Gasteiger partial charge in [0.25, 0.3) is 0 Å². The summed E-state index contributed by atoms with van der Waals surface area (Å²) in [7, 11) is -1.98. The maximum atomic E-state index is 13.2. The second kappa shape index (κ2) is 8.97. The van der Waals surface area contributed by atoms with Crippen molar-refractivity contribution in [2.24, 2.45) is 0 Å². The SMILES string of the molecule is COc1ccc(-c2noc(CNc3cccc(S(=O)(=O)N4CCc5sccc5C4)c3)n2)cc1. The zero-order valence-electron chi connectivity index (χ0n) is 17.9. The topological polar surface area (TPSA) is 97.6 Å². The summed E-state index contributed by atoms with van der Waals surface area (Å²) in [5.41, 5.74) is 2.57. The molecule has 0 amide bonds. The molecule has 1 aliphatic rings. The molecule has 2 aromatic carbocycles. The van der Waals surface area contributed by atoms with Crippen LogP contribution in [0.25, 0.3) is 11.4 Å². The van der Waals surface area contributed by atoms with Crippen LogP contribution in [0.1, 0.15) is 16.3 Å². The predicted molar refractivity (Wildman–Crippen MR) is 126 cm³/mol. The molecule has 5 rings (SSSR count). The molecular weight excluding hydrogens is 460 g/mol. The van der Waals surface area contributed by atoms with Gasteiger partial charge in [0, 0.05) is 29.2 Å². The van der Waals surface area contributed by atoms with Crippen LogP contribution in [0.2, 0.25) is 0 Å². The Balaban J connectivity index is 1.27. The Kier molecular flexibility index (Phi) is 5.88. The summed E-state index contributed by atoms with van der Waals surface area (Å²) >= 11 is 1.69. The first-order chi connectivity index (χ1) is 16.0. The summed E-state index contributed by atoms with van der Waals surface area (Å²) in [6.45, 7) is 1.17. The third-order valence-electron chi connectivity index (χ3n) is 5.50. The van der Waals surface area contributed by atoms with Crippen molar-refractivity contribution >= 4 is 27.0 Å². The van der Waals surface area contributed by atoms with E-state index in [9.17, 15) is 8.42 Å². The van der Waals surface area contributed by atoms with Gasteiger partial charge in [0.15, 0.2) is 0 Å². The van der Waals surface area contributed by atoms with Gasteiger partial charge in [-0.2, -0.15) is 9.29 Å². The number of hydrogen-bond acceptors (Lipinski definition) is 8. The molecule has 1 N–H and O–H groups in total. The van der Waals surface area contributed by atoms with Crippen molar-refractivity contribution in [3.05, 3.63) is 76.3 Å². The van der Waals surface area contributed by atoms with Crippen molar-refractivity contribution in [1.29, 1.82) is 0 Å². The molecule has 170 valence electrons. The van der Waals surface area contributed by atoms with E-state index in [2.05, 4.69) is 15.5 Å². The Morgan fingerprint density at radius 1 is 1.18 bits per heavy atom. The van der Waals surface area contributed by atoms with E-state index in [1.165, 1.54) is 4.88 Å². The van der Waals surface area contributed by atoms with Gasteiger partial charge in [-0.15, -0.1) is 11.3 Å². The van der Waals surface area contributed by atoms with Gasteiger partial charge < -0.3 is 14.6 Å². The van der Waals surface area contributed by atoms with Crippen molar-refractivity contribution in [2.45, 2.75) is 24.4 Å². The van der Waals surface area contributed by atoms with Crippen LogP contribution in [0.5, 0.6) is 5.75 Å². The fourth-order valence-electron chi connectivity index (χ4n) is 3.71. The Bertz CT molecular complexity index is 1360. The lowest BCUT2D eigenvalue weighted by atomic mass is 10.1. The van der Waals surface area contributed by atoms with E-state index < -0.39 is 10.0 Å². The molecule has 0 saturated carbocycles. The van der Waals surface area contributed by atoms with Crippen LogP contribution in [0.4, 0.5) is 5.69 Å². The molecule has 0 unspecified atom stereocenters. The van der Waals surface area contributed by atoms with Gasteiger partial charge in [0.2, 0.25) is 21.7 Å². The lowest BCUT2D eigenvalue weighted by Gasteiger charge is -2.26. The van der Waals surface area contributed by atoms with Crippen LogP contribution in [-0.2, 0) is 29.5 Å². The fraction of sp³-hybridized carbons (Fsp3) is 0.217. The van der Waals surface area contributed by atoms with Gasteiger partial charge in [-0.1, -0.05) is 11.2 Å². The lowest BCUT2D eigenvalue weighted by molar-refractivity contribution is 0.384.